The summed E-state index contributed by atoms with van der Waals surface area (Å²) in [5.74, 6) is 0.155. The van der Waals surface area contributed by atoms with Crippen molar-refractivity contribution in [1.82, 2.24) is 10.2 Å². The molecule has 1 heterocycles. The third kappa shape index (κ3) is 5.04. The first-order chi connectivity index (χ1) is 9.65. The van der Waals surface area contributed by atoms with Gasteiger partial charge in [0.15, 0.2) is 0 Å². The van der Waals surface area contributed by atoms with Gasteiger partial charge in [-0.15, -0.1) is 0 Å². The van der Waals surface area contributed by atoms with Crippen molar-refractivity contribution in [2.24, 2.45) is 5.73 Å². The lowest BCUT2D eigenvalue weighted by Crippen LogP contribution is -2.52. The van der Waals surface area contributed by atoms with Gasteiger partial charge in [-0.25, -0.2) is 0 Å². The Bertz CT molecular complexity index is 301. The van der Waals surface area contributed by atoms with Crippen LogP contribution in [0.25, 0.3) is 0 Å². The van der Waals surface area contributed by atoms with Crippen LogP contribution in [0.5, 0.6) is 0 Å². The Balaban J connectivity index is 1.73. The van der Waals surface area contributed by atoms with Crippen molar-refractivity contribution in [3.8, 4) is 0 Å². The van der Waals surface area contributed by atoms with Crippen molar-refractivity contribution in [2.45, 2.75) is 63.6 Å². The summed E-state index contributed by atoms with van der Waals surface area (Å²) < 4.78 is 5.62. The molecule has 2 rings (SSSR count). The van der Waals surface area contributed by atoms with Gasteiger partial charge in [0.1, 0.15) is 0 Å². The highest BCUT2D eigenvalue weighted by Crippen LogP contribution is 2.17. The quantitative estimate of drug-likeness (QED) is 0.751. The van der Waals surface area contributed by atoms with Crippen molar-refractivity contribution in [1.29, 1.82) is 0 Å². The molecule has 0 spiro atoms. The number of morpholine rings is 1. The van der Waals surface area contributed by atoms with Gasteiger partial charge in [0.25, 0.3) is 0 Å². The summed E-state index contributed by atoms with van der Waals surface area (Å²) >= 11 is 0. The molecule has 2 fully saturated rings. The molecule has 0 aromatic rings. The van der Waals surface area contributed by atoms with Crippen LogP contribution in [0.2, 0.25) is 0 Å². The average molecular weight is 283 g/mol. The van der Waals surface area contributed by atoms with Crippen molar-refractivity contribution >= 4 is 5.91 Å². The maximum atomic E-state index is 12.1. The molecular formula is C15H29N3O2. The second-order valence-electron chi connectivity index (χ2n) is 6.26. The van der Waals surface area contributed by atoms with Crippen LogP contribution in [0.3, 0.4) is 0 Å². The molecule has 116 valence electrons. The lowest BCUT2D eigenvalue weighted by molar-refractivity contribution is -0.125. The zero-order valence-corrected chi connectivity index (χ0v) is 12.6. The lowest BCUT2D eigenvalue weighted by atomic mass is 10.1. The van der Waals surface area contributed by atoms with Crippen molar-refractivity contribution in [3.63, 3.8) is 0 Å². The van der Waals surface area contributed by atoms with Crippen LogP contribution >= 0.6 is 0 Å². The molecule has 0 aromatic heterocycles. The van der Waals surface area contributed by atoms with Crippen molar-refractivity contribution < 1.29 is 9.53 Å². The third-order valence-corrected chi connectivity index (χ3v) is 4.35. The fourth-order valence-corrected chi connectivity index (χ4v) is 3.09. The summed E-state index contributed by atoms with van der Waals surface area (Å²) in [6.07, 6.45) is 7.44. The zero-order valence-electron chi connectivity index (χ0n) is 12.6. The van der Waals surface area contributed by atoms with Crippen LogP contribution in [-0.2, 0) is 9.53 Å². The molecule has 0 bridgehead atoms. The molecule has 1 aliphatic carbocycles. The van der Waals surface area contributed by atoms with Gasteiger partial charge in [0.2, 0.25) is 5.91 Å². The second kappa shape index (κ2) is 7.96. The second-order valence-corrected chi connectivity index (χ2v) is 6.26. The standard InChI is InChI=1S/C15H29N3O2/c1-12(16)14-10-18(8-9-20-14)11-15(19)17-13-6-4-2-3-5-7-13/h12-14H,2-11,16H2,1H3,(H,17,19). The number of nitrogens with one attached hydrogen (secondary N) is 1. The van der Waals surface area contributed by atoms with E-state index in [0.717, 1.165) is 25.9 Å². The lowest BCUT2D eigenvalue weighted by Gasteiger charge is -2.34. The maximum Gasteiger partial charge on any atom is 0.234 e. The van der Waals surface area contributed by atoms with Gasteiger partial charge in [0, 0.05) is 25.2 Å². The monoisotopic (exact) mass is 283 g/mol. The maximum absolute atomic E-state index is 12.1. The minimum atomic E-state index is 0.0164. The molecule has 1 amide bonds. The topological polar surface area (TPSA) is 67.6 Å². The molecule has 5 nitrogen and oxygen atoms in total. The smallest absolute Gasteiger partial charge is 0.234 e. The first kappa shape index (κ1) is 15.7. The van der Waals surface area contributed by atoms with E-state index in [1.165, 1.54) is 25.7 Å². The van der Waals surface area contributed by atoms with E-state index in [1.807, 2.05) is 6.92 Å². The number of ether oxygens (including phenoxy) is 1. The van der Waals surface area contributed by atoms with E-state index in [-0.39, 0.29) is 18.1 Å². The van der Waals surface area contributed by atoms with Gasteiger partial charge < -0.3 is 15.8 Å². The summed E-state index contributed by atoms with van der Waals surface area (Å²) in [4.78, 5) is 14.3. The highest BCUT2D eigenvalue weighted by Gasteiger charge is 2.25. The molecule has 1 saturated heterocycles. The molecule has 5 heteroatoms. The van der Waals surface area contributed by atoms with Gasteiger partial charge in [-0.05, 0) is 19.8 Å². The van der Waals surface area contributed by atoms with E-state index in [9.17, 15) is 4.79 Å². The molecule has 0 radical (unpaired) electrons. The first-order valence-corrected chi connectivity index (χ1v) is 8.04. The number of carbonyl (C=O) groups excluding carboxylic acids is 1. The number of nitrogens with two attached hydrogens (primary N) is 1. The van der Waals surface area contributed by atoms with E-state index < -0.39 is 0 Å². The minimum Gasteiger partial charge on any atom is -0.374 e. The number of hydrogen-bond acceptors (Lipinski definition) is 4. The molecule has 2 aliphatic rings. The summed E-state index contributed by atoms with van der Waals surface area (Å²) in [7, 11) is 0. The summed E-state index contributed by atoms with van der Waals surface area (Å²) in [6.45, 7) is 4.68. The fourth-order valence-electron chi connectivity index (χ4n) is 3.09. The predicted molar refractivity (Wildman–Crippen MR) is 79.5 cm³/mol. The number of rotatable bonds is 4. The van der Waals surface area contributed by atoms with Crippen molar-refractivity contribution in [2.75, 3.05) is 26.2 Å². The van der Waals surface area contributed by atoms with Crippen molar-refractivity contribution in [3.05, 3.63) is 0 Å². The molecule has 3 N–H and O–H groups in total. The van der Waals surface area contributed by atoms with Crippen LogP contribution in [-0.4, -0.2) is 55.2 Å². The van der Waals surface area contributed by atoms with Gasteiger partial charge in [0.05, 0.1) is 19.3 Å². The largest absolute Gasteiger partial charge is 0.374 e. The predicted octanol–water partition coefficient (Wildman–Crippen LogP) is 0.873. The Labute approximate surface area is 122 Å². The molecule has 1 aliphatic heterocycles. The van der Waals surface area contributed by atoms with Crippen LogP contribution in [0, 0.1) is 0 Å². The SMILES string of the molecule is CC(N)C1CN(CC(=O)NC2CCCCCC2)CCO1. The van der Waals surface area contributed by atoms with Crippen LogP contribution in [0.1, 0.15) is 45.4 Å². The van der Waals surface area contributed by atoms with Crippen LogP contribution in [0.15, 0.2) is 0 Å². The van der Waals surface area contributed by atoms with Gasteiger partial charge in [-0.2, -0.15) is 0 Å². The molecular weight excluding hydrogens is 254 g/mol. The highest BCUT2D eigenvalue weighted by atomic mass is 16.5. The number of amides is 1. The number of nitrogens with zero attached hydrogens (tertiary/aromatic N) is 1. The summed E-state index contributed by atoms with van der Waals surface area (Å²) in [5.41, 5.74) is 5.87. The number of carbonyl (C=O) groups is 1. The van der Waals surface area contributed by atoms with Gasteiger partial charge >= 0.3 is 0 Å². The highest BCUT2D eigenvalue weighted by molar-refractivity contribution is 5.78. The zero-order chi connectivity index (χ0) is 14.4. The van der Waals surface area contributed by atoms with E-state index in [2.05, 4.69) is 10.2 Å². The fraction of sp³-hybridized carbons (Fsp3) is 0.933. The molecule has 2 atom stereocenters. The van der Waals surface area contributed by atoms with Crippen LogP contribution in [0.4, 0.5) is 0 Å². The van der Waals surface area contributed by atoms with E-state index >= 15 is 0 Å². The van der Waals surface area contributed by atoms with Crippen LogP contribution < -0.4 is 11.1 Å². The third-order valence-electron chi connectivity index (χ3n) is 4.35. The van der Waals surface area contributed by atoms with E-state index in [4.69, 9.17) is 10.5 Å². The Morgan fingerprint density at radius 1 is 1.35 bits per heavy atom. The molecule has 1 saturated carbocycles. The Morgan fingerprint density at radius 3 is 2.70 bits per heavy atom. The van der Waals surface area contributed by atoms with Gasteiger partial charge in [-0.3, -0.25) is 9.69 Å². The number of hydrogen-bond donors (Lipinski definition) is 2. The van der Waals surface area contributed by atoms with E-state index in [1.54, 1.807) is 0 Å². The summed E-state index contributed by atoms with van der Waals surface area (Å²) in [5, 5.41) is 3.20. The average Bonchev–Trinajstić information content (AvgIpc) is 2.67. The molecule has 2 unspecified atom stereocenters. The van der Waals surface area contributed by atoms with E-state index in [0.29, 0.717) is 19.2 Å². The Hall–Kier alpha value is -0.650. The molecule has 20 heavy (non-hydrogen) atoms. The van der Waals surface area contributed by atoms with Gasteiger partial charge in [-0.1, -0.05) is 25.7 Å². The Kier molecular flexibility index (Phi) is 6.26. The first-order valence-electron chi connectivity index (χ1n) is 8.04. The Morgan fingerprint density at radius 2 is 2.05 bits per heavy atom. The molecule has 0 aromatic carbocycles. The summed E-state index contributed by atoms with van der Waals surface area (Å²) in [6, 6.07) is 0.401. The normalized spacial score (nSPS) is 27.8. The minimum absolute atomic E-state index is 0.0164.